The third-order valence-electron chi connectivity index (χ3n) is 4.19. The fourth-order valence-corrected chi connectivity index (χ4v) is 3.77. The highest BCUT2D eigenvalue weighted by Crippen LogP contribution is 2.18. The van der Waals surface area contributed by atoms with Gasteiger partial charge in [-0.05, 0) is 37.1 Å². The average Bonchev–Trinajstić information content (AvgIpc) is 2.69. The number of nitrogens with one attached hydrogen (secondary N) is 2. The van der Waals surface area contributed by atoms with E-state index in [1.54, 1.807) is 48.5 Å². The first-order valence-electron chi connectivity index (χ1n) is 9.52. The molecule has 7 nitrogen and oxygen atoms in total. The number of anilines is 2. The number of nitrogens with zero attached hydrogens (tertiary/aromatic N) is 1. The van der Waals surface area contributed by atoms with Gasteiger partial charge in [-0.1, -0.05) is 37.3 Å². The zero-order valence-corrected chi connectivity index (χ0v) is 17.5. The van der Waals surface area contributed by atoms with Gasteiger partial charge in [0.2, 0.25) is 15.9 Å². The van der Waals surface area contributed by atoms with Crippen LogP contribution < -0.4 is 14.9 Å². The van der Waals surface area contributed by atoms with E-state index in [0.717, 1.165) is 12.7 Å². The number of carbonyl (C=O) groups is 2. The molecule has 0 aliphatic heterocycles. The van der Waals surface area contributed by atoms with E-state index in [-0.39, 0.29) is 24.8 Å². The second-order valence-electron chi connectivity index (χ2n) is 6.62. The number of sulfonamides is 1. The van der Waals surface area contributed by atoms with E-state index in [0.29, 0.717) is 29.9 Å². The summed E-state index contributed by atoms with van der Waals surface area (Å²) in [4.78, 5) is 24.6. The molecule has 0 heterocycles. The molecule has 8 heteroatoms. The van der Waals surface area contributed by atoms with Crippen molar-refractivity contribution in [2.75, 3.05) is 29.0 Å². The third kappa shape index (κ3) is 6.90. The summed E-state index contributed by atoms with van der Waals surface area (Å²) in [7, 11) is -3.45. The van der Waals surface area contributed by atoms with E-state index in [2.05, 4.69) is 10.6 Å². The third-order valence-corrected chi connectivity index (χ3v) is 5.38. The summed E-state index contributed by atoms with van der Waals surface area (Å²) >= 11 is 0. The lowest BCUT2D eigenvalue weighted by Gasteiger charge is -2.22. The standard InChI is InChI=1S/C21H27N3O4S/c1-3-15-22-21(26)18-12-7-8-13-19(18)23-20(25)14-9-16-24(29(2,27)28)17-10-5-4-6-11-17/h4-8,10-13H,3,9,14-16H2,1-2H3,(H,22,26)(H,23,25). The van der Waals surface area contributed by atoms with Gasteiger partial charge in [-0.15, -0.1) is 0 Å². The van der Waals surface area contributed by atoms with Crippen LogP contribution in [0.3, 0.4) is 0 Å². The van der Waals surface area contributed by atoms with Gasteiger partial charge < -0.3 is 10.6 Å². The smallest absolute Gasteiger partial charge is 0.253 e. The van der Waals surface area contributed by atoms with Gasteiger partial charge >= 0.3 is 0 Å². The quantitative estimate of drug-likeness (QED) is 0.621. The molecule has 0 aliphatic carbocycles. The summed E-state index contributed by atoms with van der Waals surface area (Å²) in [5, 5.41) is 5.54. The van der Waals surface area contributed by atoms with Crippen LogP contribution >= 0.6 is 0 Å². The van der Waals surface area contributed by atoms with E-state index >= 15 is 0 Å². The monoisotopic (exact) mass is 417 g/mol. The fourth-order valence-electron chi connectivity index (χ4n) is 2.80. The molecule has 0 bridgehead atoms. The fraction of sp³-hybridized carbons (Fsp3) is 0.333. The number of para-hydroxylation sites is 2. The summed E-state index contributed by atoms with van der Waals surface area (Å²) < 4.78 is 25.5. The maximum atomic E-state index is 12.4. The molecule has 0 saturated carbocycles. The van der Waals surface area contributed by atoms with Crippen molar-refractivity contribution in [3.8, 4) is 0 Å². The minimum atomic E-state index is -3.45. The molecule has 0 unspecified atom stereocenters. The number of hydrogen-bond acceptors (Lipinski definition) is 4. The summed E-state index contributed by atoms with van der Waals surface area (Å²) in [5.74, 6) is -0.516. The summed E-state index contributed by atoms with van der Waals surface area (Å²) in [6, 6.07) is 15.6. The van der Waals surface area contributed by atoms with Gasteiger partial charge in [0.15, 0.2) is 0 Å². The molecule has 0 spiro atoms. The molecule has 2 aromatic rings. The molecule has 0 saturated heterocycles. The van der Waals surface area contributed by atoms with Crippen LogP contribution in [-0.2, 0) is 14.8 Å². The van der Waals surface area contributed by atoms with Crippen LogP contribution in [0, 0.1) is 0 Å². The largest absolute Gasteiger partial charge is 0.352 e. The highest BCUT2D eigenvalue weighted by Gasteiger charge is 2.18. The SMILES string of the molecule is CCCNC(=O)c1ccccc1NC(=O)CCCN(c1ccccc1)S(C)(=O)=O. The number of benzene rings is 2. The maximum Gasteiger partial charge on any atom is 0.253 e. The molecule has 0 radical (unpaired) electrons. The summed E-state index contributed by atoms with van der Waals surface area (Å²) in [6.07, 6.45) is 2.44. The van der Waals surface area contributed by atoms with Crippen molar-refractivity contribution in [2.45, 2.75) is 26.2 Å². The molecule has 156 valence electrons. The first kappa shape index (κ1) is 22.4. The van der Waals surface area contributed by atoms with Crippen LogP contribution in [0.1, 0.15) is 36.5 Å². The van der Waals surface area contributed by atoms with Gasteiger partial charge in [0.1, 0.15) is 0 Å². The predicted molar refractivity (Wildman–Crippen MR) is 116 cm³/mol. The Hall–Kier alpha value is -2.87. The molecule has 2 aromatic carbocycles. The first-order valence-corrected chi connectivity index (χ1v) is 11.4. The van der Waals surface area contributed by atoms with Gasteiger partial charge in [-0.25, -0.2) is 8.42 Å². The normalized spacial score (nSPS) is 11.0. The molecule has 2 N–H and O–H groups in total. The summed E-state index contributed by atoms with van der Waals surface area (Å²) in [6.45, 7) is 2.71. The van der Waals surface area contributed by atoms with Crippen molar-refractivity contribution in [1.82, 2.24) is 5.32 Å². The maximum absolute atomic E-state index is 12.4. The zero-order chi connectivity index (χ0) is 21.3. The van der Waals surface area contributed by atoms with E-state index < -0.39 is 10.0 Å². The Bertz CT molecular complexity index is 930. The van der Waals surface area contributed by atoms with Gasteiger partial charge in [0, 0.05) is 19.5 Å². The van der Waals surface area contributed by atoms with E-state index in [1.165, 1.54) is 4.31 Å². The van der Waals surface area contributed by atoms with Crippen LogP contribution in [0.25, 0.3) is 0 Å². The lowest BCUT2D eigenvalue weighted by molar-refractivity contribution is -0.116. The number of hydrogen-bond donors (Lipinski definition) is 2. The van der Waals surface area contributed by atoms with Gasteiger partial charge in [-0.2, -0.15) is 0 Å². The van der Waals surface area contributed by atoms with Crippen molar-refractivity contribution < 1.29 is 18.0 Å². The highest BCUT2D eigenvalue weighted by atomic mass is 32.2. The molecule has 0 aliphatic rings. The van der Waals surface area contributed by atoms with Crippen molar-refractivity contribution in [3.63, 3.8) is 0 Å². The Balaban J connectivity index is 1.97. The topological polar surface area (TPSA) is 95.6 Å². The molecule has 0 aromatic heterocycles. The van der Waals surface area contributed by atoms with Gasteiger partial charge in [-0.3, -0.25) is 13.9 Å². The first-order chi connectivity index (χ1) is 13.8. The Morgan fingerprint density at radius 3 is 2.31 bits per heavy atom. The minimum absolute atomic E-state index is 0.129. The molecule has 2 amide bonds. The van der Waals surface area contributed by atoms with E-state index in [1.807, 2.05) is 13.0 Å². The van der Waals surface area contributed by atoms with Crippen LogP contribution in [0.2, 0.25) is 0 Å². The van der Waals surface area contributed by atoms with E-state index in [9.17, 15) is 18.0 Å². The molecule has 0 atom stereocenters. The second-order valence-corrected chi connectivity index (χ2v) is 8.53. The lowest BCUT2D eigenvalue weighted by Crippen LogP contribution is -2.31. The van der Waals surface area contributed by atoms with Crippen LogP contribution in [-0.4, -0.2) is 39.6 Å². The number of carbonyl (C=O) groups excluding carboxylic acids is 2. The van der Waals surface area contributed by atoms with Crippen LogP contribution in [0.15, 0.2) is 54.6 Å². The van der Waals surface area contributed by atoms with Crippen LogP contribution in [0.4, 0.5) is 11.4 Å². The zero-order valence-electron chi connectivity index (χ0n) is 16.7. The van der Waals surface area contributed by atoms with Crippen molar-refractivity contribution >= 4 is 33.2 Å². The van der Waals surface area contributed by atoms with Crippen molar-refractivity contribution in [1.29, 1.82) is 0 Å². The van der Waals surface area contributed by atoms with E-state index in [4.69, 9.17) is 0 Å². The molecular formula is C21H27N3O4S. The Morgan fingerprint density at radius 2 is 1.66 bits per heavy atom. The minimum Gasteiger partial charge on any atom is -0.352 e. The highest BCUT2D eigenvalue weighted by molar-refractivity contribution is 7.92. The van der Waals surface area contributed by atoms with Crippen molar-refractivity contribution in [2.24, 2.45) is 0 Å². The Morgan fingerprint density at radius 1 is 1.00 bits per heavy atom. The Labute approximate surface area is 172 Å². The Kier molecular flexibility index (Phi) is 8.21. The molecule has 2 rings (SSSR count). The predicted octanol–water partition coefficient (Wildman–Crippen LogP) is 3.01. The second kappa shape index (κ2) is 10.6. The lowest BCUT2D eigenvalue weighted by atomic mass is 10.1. The molecular weight excluding hydrogens is 390 g/mol. The number of amides is 2. The summed E-state index contributed by atoms with van der Waals surface area (Å²) in [5.41, 5.74) is 1.40. The average molecular weight is 418 g/mol. The number of rotatable bonds is 10. The van der Waals surface area contributed by atoms with Crippen molar-refractivity contribution in [3.05, 3.63) is 60.2 Å². The molecule has 29 heavy (non-hydrogen) atoms. The van der Waals surface area contributed by atoms with Gasteiger partial charge in [0.05, 0.1) is 23.2 Å². The molecule has 0 fully saturated rings. The van der Waals surface area contributed by atoms with Gasteiger partial charge in [0.25, 0.3) is 5.91 Å². The van der Waals surface area contributed by atoms with Crippen LogP contribution in [0.5, 0.6) is 0 Å².